The third-order valence-corrected chi connectivity index (χ3v) is 2.74. The van der Waals surface area contributed by atoms with Crippen LogP contribution in [0.3, 0.4) is 0 Å². The molecule has 0 atom stereocenters. The molecule has 0 aliphatic carbocycles. The predicted octanol–water partition coefficient (Wildman–Crippen LogP) is 2.50. The molecule has 4 nitrogen and oxygen atoms in total. The number of benzene rings is 1. The van der Waals surface area contributed by atoms with Crippen molar-refractivity contribution >= 4 is 5.69 Å². The highest BCUT2D eigenvalue weighted by Crippen LogP contribution is 2.13. The van der Waals surface area contributed by atoms with Gasteiger partial charge in [0.05, 0.1) is 18.5 Å². The smallest absolute Gasteiger partial charge is 0.119 e. The number of aryl methyl sites for hydroxylation is 2. The Balaban J connectivity index is 1.79. The van der Waals surface area contributed by atoms with Gasteiger partial charge in [-0.15, -0.1) is 0 Å². The van der Waals surface area contributed by atoms with Gasteiger partial charge in [0.2, 0.25) is 0 Å². The summed E-state index contributed by atoms with van der Waals surface area (Å²) >= 11 is 0. The molecule has 96 valence electrons. The molecular formula is C14H19N3O. The normalized spacial score (nSPS) is 10.5. The number of rotatable bonds is 6. The maximum Gasteiger partial charge on any atom is 0.119 e. The van der Waals surface area contributed by atoms with Crippen molar-refractivity contribution in [2.45, 2.75) is 26.3 Å². The minimum absolute atomic E-state index is 0.708. The van der Waals surface area contributed by atoms with E-state index in [-0.39, 0.29) is 0 Å². The average molecular weight is 245 g/mol. The van der Waals surface area contributed by atoms with Gasteiger partial charge >= 0.3 is 0 Å². The van der Waals surface area contributed by atoms with Crippen LogP contribution in [0.4, 0.5) is 5.69 Å². The molecule has 2 rings (SSSR count). The van der Waals surface area contributed by atoms with Crippen molar-refractivity contribution in [3.05, 3.63) is 42.2 Å². The molecule has 0 amide bonds. The van der Waals surface area contributed by atoms with Crippen LogP contribution in [0.1, 0.15) is 18.9 Å². The predicted molar refractivity (Wildman–Crippen MR) is 72.6 cm³/mol. The quantitative estimate of drug-likeness (QED) is 0.850. The number of nitrogen functional groups attached to an aromatic ring is 1. The maximum absolute atomic E-state index is 5.61. The summed E-state index contributed by atoms with van der Waals surface area (Å²) in [4.78, 5) is 0. The van der Waals surface area contributed by atoms with Crippen LogP contribution in [-0.2, 0) is 13.0 Å². The van der Waals surface area contributed by atoms with Crippen molar-refractivity contribution in [3.8, 4) is 5.75 Å². The number of nitrogens with zero attached hydrogens (tertiary/aromatic N) is 2. The highest BCUT2D eigenvalue weighted by atomic mass is 16.5. The molecule has 1 heterocycles. The van der Waals surface area contributed by atoms with Crippen molar-refractivity contribution in [1.29, 1.82) is 0 Å². The molecule has 0 radical (unpaired) electrons. The first-order valence-electron chi connectivity index (χ1n) is 6.27. The van der Waals surface area contributed by atoms with Gasteiger partial charge < -0.3 is 10.5 Å². The highest BCUT2D eigenvalue weighted by molar-refractivity contribution is 5.30. The van der Waals surface area contributed by atoms with Gasteiger partial charge in [-0.2, -0.15) is 5.10 Å². The minimum atomic E-state index is 0.708. The zero-order valence-electron chi connectivity index (χ0n) is 10.7. The molecule has 1 aromatic carbocycles. The lowest BCUT2D eigenvalue weighted by atomic mass is 10.1. The van der Waals surface area contributed by atoms with E-state index in [9.17, 15) is 0 Å². The topological polar surface area (TPSA) is 53.1 Å². The van der Waals surface area contributed by atoms with Crippen LogP contribution in [0, 0.1) is 0 Å². The zero-order valence-corrected chi connectivity index (χ0v) is 10.7. The lowest BCUT2D eigenvalue weighted by molar-refractivity contribution is 0.340. The summed E-state index contributed by atoms with van der Waals surface area (Å²) in [5, 5.41) is 4.16. The second kappa shape index (κ2) is 6.10. The zero-order chi connectivity index (χ0) is 12.8. The summed E-state index contributed by atoms with van der Waals surface area (Å²) in [5.74, 6) is 0.932. The molecule has 2 aromatic rings. The molecule has 4 heteroatoms. The van der Waals surface area contributed by atoms with Crippen LogP contribution in [0.25, 0.3) is 0 Å². The largest absolute Gasteiger partial charge is 0.494 e. The fourth-order valence-corrected chi connectivity index (χ4v) is 1.87. The van der Waals surface area contributed by atoms with Gasteiger partial charge in [0.15, 0.2) is 0 Å². The Kier molecular flexibility index (Phi) is 4.23. The van der Waals surface area contributed by atoms with Gasteiger partial charge in [-0.1, -0.05) is 12.1 Å². The summed E-state index contributed by atoms with van der Waals surface area (Å²) in [6.45, 7) is 3.59. The number of nitrogens with two attached hydrogens (primary N) is 1. The fraction of sp³-hybridized carbons (Fsp3) is 0.357. The SMILES string of the molecule is CCOc1ccc(CCCn2cc(N)cn2)cc1. The number of anilines is 1. The Morgan fingerprint density at radius 3 is 2.67 bits per heavy atom. The van der Waals surface area contributed by atoms with Crippen LogP contribution in [0.2, 0.25) is 0 Å². The van der Waals surface area contributed by atoms with Gasteiger partial charge in [0.25, 0.3) is 0 Å². The first-order chi connectivity index (χ1) is 8.78. The van der Waals surface area contributed by atoms with E-state index in [1.807, 2.05) is 29.9 Å². The van der Waals surface area contributed by atoms with Gasteiger partial charge in [-0.05, 0) is 37.5 Å². The third-order valence-electron chi connectivity index (χ3n) is 2.74. The van der Waals surface area contributed by atoms with E-state index in [0.717, 1.165) is 30.8 Å². The summed E-state index contributed by atoms with van der Waals surface area (Å²) in [7, 11) is 0. The van der Waals surface area contributed by atoms with E-state index >= 15 is 0 Å². The Labute approximate surface area is 107 Å². The van der Waals surface area contributed by atoms with Crippen LogP contribution < -0.4 is 10.5 Å². The first-order valence-corrected chi connectivity index (χ1v) is 6.27. The standard InChI is InChI=1S/C14H19N3O/c1-2-18-14-7-5-12(6-8-14)4-3-9-17-11-13(15)10-16-17/h5-8,10-11H,2-4,9,15H2,1H3. The molecule has 0 unspecified atom stereocenters. The minimum Gasteiger partial charge on any atom is -0.494 e. The molecule has 1 aromatic heterocycles. The maximum atomic E-state index is 5.61. The Hall–Kier alpha value is -1.97. The molecule has 0 bridgehead atoms. The Bertz CT molecular complexity index is 476. The van der Waals surface area contributed by atoms with Crippen molar-refractivity contribution in [1.82, 2.24) is 9.78 Å². The van der Waals surface area contributed by atoms with Crippen LogP contribution >= 0.6 is 0 Å². The number of aromatic nitrogens is 2. The highest BCUT2D eigenvalue weighted by Gasteiger charge is 1.97. The molecule has 0 saturated heterocycles. The molecule has 0 aliphatic heterocycles. The summed E-state index contributed by atoms with van der Waals surface area (Å²) in [6.07, 6.45) is 5.62. The van der Waals surface area contributed by atoms with Crippen molar-refractivity contribution < 1.29 is 4.74 Å². The van der Waals surface area contributed by atoms with Crippen molar-refractivity contribution in [2.75, 3.05) is 12.3 Å². The lowest BCUT2D eigenvalue weighted by Gasteiger charge is -2.05. The number of ether oxygens (including phenoxy) is 1. The van der Waals surface area contributed by atoms with Gasteiger partial charge in [0, 0.05) is 12.7 Å². The molecule has 18 heavy (non-hydrogen) atoms. The van der Waals surface area contributed by atoms with E-state index in [4.69, 9.17) is 10.5 Å². The molecular weight excluding hydrogens is 226 g/mol. The lowest BCUT2D eigenvalue weighted by Crippen LogP contribution is -2.00. The summed E-state index contributed by atoms with van der Waals surface area (Å²) < 4.78 is 7.29. The Morgan fingerprint density at radius 2 is 2.06 bits per heavy atom. The third kappa shape index (κ3) is 3.52. The second-order valence-corrected chi connectivity index (χ2v) is 4.22. The van der Waals surface area contributed by atoms with Crippen LogP contribution in [0.15, 0.2) is 36.7 Å². The van der Waals surface area contributed by atoms with Gasteiger partial charge in [-0.25, -0.2) is 0 Å². The van der Waals surface area contributed by atoms with E-state index in [2.05, 4.69) is 17.2 Å². The molecule has 2 N–H and O–H groups in total. The van der Waals surface area contributed by atoms with Crippen LogP contribution in [-0.4, -0.2) is 16.4 Å². The molecule has 0 spiro atoms. The van der Waals surface area contributed by atoms with Crippen molar-refractivity contribution in [3.63, 3.8) is 0 Å². The van der Waals surface area contributed by atoms with E-state index < -0.39 is 0 Å². The average Bonchev–Trinajstić information content (AvgIpc) is 2.78. The van der Waals surface area contributed by atoms with E-state index in [1.165, 1.54) is 5.56 Å². The molecule has 0 aliphatic rings. The number of hydrogen-bond acceptors (Lipinski definition) is 3. The Morgan fingerprint density at radius 1 is 1.28 bits per heavy atom. The summed E-state index contributed by atoms with van der Waals surface area (Å²) in [5.41, 5.74) is 7.65. The van der Waals surface area contributed by atoms with Gasteiger partial charge in [-0.3, -0.25) is 4.68 Å². The second-order valence-electron chi connectivity index (χ2n) is 4.22. The number of hydrogen-bond donors (Lipinski definition) is 1. The van der Waals surface area contributed by atoms with Crippen LogP contribution in [0.5, 0.6) is 5.75 Å². The van der Waals surface area contributed by atoms with Crippen molar-refractivity contribution in [2.24, 2.45) is 0 Å². The molecule has 0 fully saturated rings. The fourth-order valence-electron chi connectivity index (χ4n) is 1.87. The van der Waals surface area contributed by atoms with Gasteiger partial charge in [0.1, 0.15) is 5.75 Å². The monoisotopic (exact) mass is 245 g/mol. The molecule has 0 saturated carbocycles. The first kappa shape index (κ1) is 12.5. The van der Waals surface area contributed by atoms with E-state index in [1.54, 1.807) is 6.20 Å². The van der Waals surface area contributed by atoms with E-state index in [0.29, 0.717) is 6.61 Å². The summed E-state index contributed by atoms with van der Waals surface area (Å²) in [6, 6.07) is 8.26.